The molecule has 11 rings (SSSR count). The van der Waals surface area contributed by atoms with Crippen LogP contribution in [0.15, 0.2) is 170 Å². The monoisotopic (exact) mass is 761 g/mol. The first-order chi connectivity index (χ1) is 28.7. The Balaban J connectivity index is 1.12. The molecule has 0 saturated carbocycles. The highest BCUT2D eigenvalue weighted by Gasteiger charge is 2.37. The minimum Gasteiger partial charge on any atom is -0.310 e. The summed E-state index contributed by atoms with van der Waals surface area (Å²) in [5.41, 5.74) is 22.4. The first-order valence-electron chi connectivity index (χ1n) is 21.0. The van der Waals surface area contributed by atoms with Crippen molar-refractivity contribution in [1.82, 2.24) is 4.57 Å². The van der Waals surface area contributed by atoms with Crippen molar-refractivity contribution in [3.05, 3.63) is 198 Å². The van der Waals surface area contributed by atoms with Crippen LogP contribution in [0.3, 0.4) is 0 Å². The Bertz CT molecular complexity index is 3160. The lowest BCUT2D eigenvalue weighted by Gasteiger charge is -2.33. The average Bonchev–Trinajstić information content (AvgIpc) is 3.71. The molecule has 0 unspecified atom stereocenters. The van der Waals surface area contributed by atoms with E-state index in [2.05, 4.69) is 226 Å². The van der Waals surface area contributed by atoms with E-state index in [1.807, 2.05) is 0 Å². The summed E-state index contributed by atoms with van der Waals surface area (Å²) in [5.74, 6) is 0.348. The maximum Gasteiger partial charge on any atom is 0.0783 e. The zero-order valence-electron chi connectivity index (χ0n) is 34.6. The lowest BCUT2D eigenvalue weighted by Crippen LogP contribution is -2.18. The molecule has 9 aromatic rings. The van der Waals surface area contributed by atoms with Crippen molar-refractivity contribution in [1.29, 1.82) is 0 Å². The zero-order chi connectivity index (χ0) is 40.2. The maximum absolute atomic E-state index is 2.52. The molecule has 8 aromatic carbocycles. The Morgan fingerprint density at radius 2 is 1.14 bits per heavy atom. The Morgan fingerprint density at radius 1 is 0.508 bits per heavy atom. The number of aryl methyl sites for hydroxylation is 1. The third kappa shape index (κ3) is 5.14. The second-order valence-electron chi connectivity index (χ2n) is 17.2. The smallest absolute Gasteiger partial charge is 0.0783 e. The van der Waals surface area contributed by atoms with Gasteiger partial charge in [0.15, 0.2) is 0 Å². The molecular formula is C56H47N3. The third-order valence-corrected chi connectivity index (χ3v) is 13.2. The quantitative estimate of drug-likeness (QED) is 0.167. The number of hydrogen-bond acceptors (Lipinski definition) is 2. The molecule has 1 aliphatic heterocycles. The highest BCUT2D eigenvalue weighted by molar-refractivity contribution is 6.16. The molecule has 59 heavy (non-hydrogen) atoms. The van der Waals surface area contributed by atoms with Crippen LogP contribution < -0.4 is 9.80 Å². The lowest BCUT2D eigenvalue weighted by molar-refractivity contribution is 0.660. The van der Waals surface area contributed by atoms with Gasteiger partial charge in [-0.15, -0.1) is 0 Å². The molecule has 1 aliphatic carbocycles. The number of hydrogen-bond donors (Lipinski definition) is 0. The fourth-order valence-electron chi connectivity index (χ4n) is 10.3. The normalized spacial score (nSPS) is 13.5. The van der Waals surface area contributed by atoms with Gasteiger partial charge in [-0.3, -0.25) is 0 Å². The fraction of sp³-hybridized carbons (Fsp3) is 0.143. The summed E-state index contributed by atoms with van der Waals surface area (Å²) in [6, 6.07) is 63.3. The van der Waals surface area contributed by atoms with Crippen LogP contribution in [0, 0.1) is 13.8 Å². The number of nitrogens with zero attached hydrogens (tertiary/aromatic N) is 3. The Hall–Kier alpha value is -6.84. The second kappa shape index (κ2) is 13.1. The van der Waals surface area contributed by atoms with Gasteiger partial charge < -0.3 is 14.4 Å². The van der Waals surface area contributed by atoms with Gasteiger partial charge in [0.1, 0.15) is 0 Å². The van der Waals surface area contributed by atoms with Gasteiger partial charge in [0.25, 0.3) is 0 Å². The van der Waals surface area contributed by atoms with Crippen LogP contribution in [0.4, 0.5) is 34.1 Å². The van der Waals surface area contributed by atoms with Crippen LogP contribution >= 0.6 is 0 Å². The van der Waals surface area contributed by atoms with E-state index in [1.54, 1.807) is 0 Å². The summed E-state index contributed by atoms with van der Waals surface area (Å²) in [5, 5.41) is 2.56. The standard InChI is InChI=1S/C56H47N3/c1-35(2)40-18-9-11-23-50(40)57(49-27-15-21-42(37(49)4)41-19-8-7-17-36(41)3)38-29-31-47-45(33-38)46-34-39(30-32-48(46)56(47,5)6)58-52-25-13-14-26-53(52)59-51-24-12-10-20-43(51)44-22-16-28-54(58)55(44)59/h7-35H,1-6H3. The Labute approximate surface area is 347 Å². The Morgan fingerprint density at radius 3 is 1.97 bits per heavy atom. The van der Waals surface area contributed by atoms with E-state index in [4.69, 9.17) is 0 Å². The van der Waals surface area contributed by atoms with E-state index in [-0.39, 0.29) is 5.41 Å². The van der Waals surface area contributed by atoms with Gasteiger partial charge >= 0.3 is 0 Å². The van der Waals surface area contributed by atoms with E-state index in [0.717, 1.165) is 11.4 Å². The molecule has 286 valence electrons. The van der Waals surface area contributed by atoms with E-state index >= 15 is 0 Å². The average molecular weight is 762 g/mol. The number of aromatic nitrogens is 1. The number of rotatable bonds is 6. The number of fused-ring (bicyclic) bond motifs is 8. The van der Waals surface area contributed by atoms with Crippen LogP contribution in [-0.2, 0) is 5.41 Å². The Kier molecular flexibility index (Phi) is 7.84. The van der Waals surface area contributed by atoms with Crippen LogP contribution in [-0.4, -0.2) is 4.57 Å². The zero-order valence-corrected chi connectivity index (χ0v) is 34.6. The summed E-state index contributed by atoms with van der Waals surface area (Å²) in [6.45, 7) is 13.9. The van der Waals surface area contributed by atoms with E-state index in [9.17, 15) is 0 Å². The summed E-state index contributed by atoms with van der Waals surface area (Å²) >= 11 is 0. The van der Waals surface area contributed by atoms with Crippen molar-refractivity contribution >= 4 is 55.9 Å². The summed E-state index contributed by atoms with van der Waals surface area (Å²) < 4.78 is 2.46. The molecule has 3 heteroatoms. The number of benzene rings is 8. The molecule has 2 aliphatic rings. The van der Waals surface area contributed by atoms with Gasteiger partial charge in [-0.1, -0.05) is 137 Å². The fourth-order valence-corrected chi connectivity index (χ4v) is 10.3. The predicted molar refractivity (Wildman–Crippen MR) is 250 cm³/mol. The molecule has 0 saturated heterocycles. The molecule has 1 aromatic heterocycles. The van der Waals surface area contributed by atoms with Gasteiger partial charge in [0.2, 0.25) is 0 Å². The number of para-hydroxylation sites is 5. The SMILES string of the molecule is Cc1ccccc1-c1cccc(N(c2ccc3c(c2)-c2cc(N4c5ccccc5-n5c6ccccc6c6cccc4c65)ccc2C3(C)C)c2ccccc2C(C)C)c1C. The second-order valence-corrected chi connectivity index (χ2v) is 17.2. The van der Waals surface area contributed by atoms with Crippen molar-refractivity contribution in [3.63, 3.8) is 0 Å². The predicted octanol–water partition coefficient (Wildman–Crippen LogP) is 15.8. The van der Waals surface area contributed by atoms with Crippen molar-refractivity contribution in [3.8, 4) is 27.9 Å². The minimum atomic E-state index is -0.157. The van der Waals surface area contributed by atoms with Crippen molar-refractivity contribution in [2.75, 3.05) is 9.80 Å². The summed E-state index contributed by atoms with van der Waals surface area (Å²) in [7, 11) is 0. The molecule has 0 bridgehead atoms. The molecule has 0 fully saturated rings. The first kappa shape index (κ1) is 35.3. The van der Waals surface area contributed by atoms with Crippen LogP contribution in [0.2, 0.25) is 0 Å². The highest BCUT2D eigenvalue weighted by Crippen LogP contribution is 2.55. The van der Waals surface area contributed by atoms with Crippen LogP contribution in [0.5, 0.6) is 0 Å². The number of anilines is 6. The van der Waals surface area contributed by atoms with E-state index < -0.39 is 0 Å². The summed E-state index contributed by atoms with van der Waals surface area (Å²) in [4.78, 5) is 5.00. The molecule has 0 radical (unpaired) electrons. The maximum atomic E-state index is 2.52. The molecule has 0 amide bonds. The first-order valence-corrected chi connectivity index (χ1v) is 21.0. The van der Waals surface area contributed by atoms with Crippen molar-refractivity contribution in [2.45, 2.75) is 52.9 Å². The molecule has 0 spiro atoms. The molecule has 3 nitrogen and oxygen atoms in total. The van der Waals surface area contributed by atoms with Gasteiger partial charge in [-0.05, 0) is 131 Å². The summed E-state index contributed by atoms with van der Waals surface area (Å²) in [6.07, 6.45) is 0. The minimum absolute atomic E-state index is 0.157. The van der Waals surface area contributed by atoms with E-state index in [1.165, 1.54) is 100 Å². The van der Waals surface area contributed by atoms with Gasteiger partial charge in [-0.25, -0.2) is 0 Å². The van der Waals surface area contributed by atoms with Crippen LogP contribution in [0.1, 0.15) is 61.4 Å². The molecule has 0 atom stereocenters. The van der Waals surface area contributed by atoms with Crippen LogP contribution in [0.25, 0.3) is 49.7 Å². The van der Waals surface area contributed by atoms with Gasteiger partial charge in [0, 0.05) is 38.9 Å². The highest BCUT2D eigenvalue weighted by atomic mass is 15.2. The van der Waals surface area contributed by atoms with Crippen molar-refractivity contribution < 1.29 is 0 Å². The molecule has 0 N–H and O–H groups in total. The molecule has 2 heterocycles. The molecular weight excluding hydrogens is 715 g/mol. The lowest BCUT2D eigenvalue weighted by atomic mass is 9.82. The van der Waals surface area contributed by atoms with Crippen molar-refractivity contribution in [2.24, 2.45) is 0 Å². The van der Waals surface area contributed by atoms with E-state index in [0.29, 0.717) is 5.92 Å². The largest absolute Gasteiger partial charge is 0.310 e. The third-order valence-electron chi connectivity index (χ3n) is 13.2. The van der Waals surface area contributed by atoms with Gasteiger partial charge in [-0.2, -0.15) is 0 Å². The van der Waals surface area contributed by atoms with Gasteiger partial charge in [0.05, 0.1) is 28.1 Å². The topological polar surface area (TPSA) is 11.4 Å².